The maximum Gasteiger partial charge on any atom is 0.323 e. The number of carbonyl (C=O) groups is 1. The Morgan fingerprint density at radius 3 is 2.27 bits per heavy atom. The van der Waals surface area contributed by atoms with Crippen molar-refractivity contribution in [2.75, 3.05) is 24.7 Å². The third-order valence-corrected chi connectivity index (χ3v) is 8.20. The number of carbonyl (C=O) groups excluding carboxylic acids is 1. The number of hydrogen-bond acceptors (Lipinski definition) is 3. The summed E-state index contributed by atoms with van der Waals surface area (Å²) >= 11 is 0. The van der Waals surface area contributed by atoms with E-state index in [1.54, 1.807) is 0 Å². The van der Waals surface area contributed by atoms with Gasteiger partial charge in [0.2, 0.25) is 0 Å². The molecule has 0 aromatic heterocycles. The number of hydrogen-bond donors (Lipinski definition) is 2. The van der Waals surface area contributed by atoms with Crippen molar-refractivity contribution in [1.29, 1.82) is 0 Å². The fourth-order valence-electron chi connectivity index (χ4n) is 6.09. The van der Waals surface area contributed by atoms with Gasteiger partial charge < -0.3 is 20.3 Å². The molecule has 3 unspecified atom stereocenters. The smallest absolute Gasteiger partial charge is 0.323 e. The SMILES string of the molecule is CN(C)C1CCCC(C2CCc3cc(NC(=O)Nc4ccc(Oc5ccccc5)cc4)ccc3C2)CC1. The highest BCUT2D eigenvalue weighted by molar-refractivity contribution is 5.99. The third-order valence-electron chi connectivity index (χ3n) is 8.20. The topological polar surface area (TPSA) is 53.6 Å². The molecule has 2 amide bonds. The van der Waals surface area contributed by atoms with Crippen LogP contribution in [0.3, 0.4) is 0 Å². The molecule has 2 aliphatic rings. The number of urea groups is 1. The van der Waals surface area contributed by atoms with Crippen molar-refractivity contribution in [2.24, 2.45) is 11.8 Å². The number of fused-ring (bicyclic) bond motifs is 1. The minimum absolute atomic E-state index is 0.237. The largest absolute Gasteiger partial charge is 0.457 e. The summed E-state index contributed by atoms with van der Waals surface area (Å²) in [5, 5.41) is 5.93. The molecule has 0 heterocycles. The highest BCUT2D eigenvalue weighted by Gasteiger charge is 2.29. The lowest BCUT2D eigenvalue weighted by molar-refractivity contribution is 0.244. The van der Waals surface area contributed by atoms with Crippen LogP contribution in [0.5, 0.6) is 11.5 Å². The van der Waals surface area contributed by atoms with Gasteiger partial charge in [0.15, 0.2) is 0 Å². The van der Waals surface area contributed by atoms with E-state index < -0.39 is 0 Å². The molecule has 0 radical (unpaired) electrons. The van der Waals surface area contributed by atoms with E-state index >= 15 is 0 Å². The summed E-state index contributed by atoms with van der Waals surface area (Å²) in [6.07, 6.45) is 10.3. The van der Waals surface area contributed by atoms with E-state index in [4.69, 9.17) is 4.74 Å². The third kappa shape index (κ3) is 6.72. The number of aryl methyl sites for hydroxylation is 1. The predicted octanol–water partition coefficient (Wildman–Crippen LogP) is 7.74. The monoisotopic (exact) mass is 497 g/mol. The van der Waals surface area contributed by atoms with Gasteiger partial charge >= 0.3 is 6.03 Å². The van der Waals surface area contributed by atoms with Crippen LogP contribution in [-0.4, -0.2) is 31.1 Å². The van der Waals surface area contributed by atoms with Crippen molar-refractivity contribution in [2.45, 2.75) is 57.4 Å². The van der Waals surface area contributed by atoms with E-state index in [9.17, 15) is 4.79 Å². The molecule has 37 heavy (non-hydrogen) atoms. The molecule has 194 valence electrons. The zero-order valence-corrected chi connectivity index (χ0v) is 22.1. The zero-order valence-electron chi connectivity index (χ0n) is 22.1. The average molecular weight is 498 g/mol. The van der Waals surface area contributed by atoms with Gasteiger partial charge in [0.1, 0.15) is 11.5 Å². The number of para-hydroxylation sites is 1. The maximum atomic E-state index is 12.6. The van der Waals surface area contributed by atoms with Crippen molar-refractivity contribution < 1.29 is 9.53 Å². The lowest BCUT2D eigenvalue weighted by Crippen LogP contribution is -2.27. The molecule has 3 aromatic carbocycles. The first-order valence-electron chi connectivity index (χ1n) is 13.7. The summed E-state index contributed by atoms with van der Waals surface area (Å²) in [5.74, 6) is 3.16. The molecule has 0 aliphatic heterocycles. The molecule has 3 atom stereocenters. The highest BCUT2D eigenvalue weighted by atomic mass is 16.5. The minimum Gasteiger partial charge on any atom is -0.457 e. The highest BCUT2D eigenvalue weighted by Crippen LogP contribution is 2.38. The van der Waals surface area contributed by atoms with E-state index in [-0.39, 0.29) is 6.03 Å². The number of ether oxygens (including phenoxy) is 1. The van der Waals surface area contributed by atoms with Gasteiger partial charge in [0.05, 0.1) is 0 Å². The summed E-state index contributed by atoms with van der Waals surface area (Å²) in [7, 11) is 4.46. The summed E-state index contributed by atoms with van der Waals surface area (Å²) in [6.45, 7) is 0. The maximum absolute atomic E-state index is 12.6. The summed E-state index contributed by atoms with van der Waals surface area (Å²) in [4.78, 5) is 15.0. The second-order valence-corrected chi connectivity index (χ2v) is 10.9. The number of anilines is 2. The Balaban J connectivity index is 1.13. The van der Waals surface area contributed by atoms with Crippen molar-refractivity contribution in [1.82, 2.24) is 4.90 Å². The van der Waals surface area contributed by atoms with Crippen LogP contribution in [0.1, 0.15) is 49.7 Å². The Kier molecular flexibility index (Phi) is 8.10. The summed E-state index contributed by atoms with van der Waals surface area (Å²) in [6, 6.07) is 24.0. The molecule has 5 rings (SSSR count). The lowest BCUT2D eigenvalue weighted by Gasteiger charge is -2.31. The number of amides is 2. The first-order chi connectivity index (χ1) is 18.0. The Bertz CT molecular complexity index is 1180. The van der Waals surface area contributed by atoms with Crippen LogP contribution in [0.2, 0.25) is 0 Å². The van der Waals surface area contributed by atoms with E-state index in [0.717, 1.165) is 47.2 Å². The normalized spacial score (nSPS) is 21.5. The molecule has 5 heteroatoms. The van der Waals surface area contributed by atoms with Crippen molar-refractivity contribution in [3.05, 3.63) is 83.9 Å². The van der Waals surface area contributed by atoms with Gasteiger partial charge in [0, 0.05) is 17.4 Å². The van der Waals surface area contributed by atoms with E-state index in [2.05, 4.69) is 41.8 Å². The van der Waals surface area contributed by atoms with Gasteiger partial charge in [-0.3, -0.25) is 0 Å². The van der Waals surface area contributed by atoms with Crippen molar-refractivity contribution in [3.63, 3.8) is 0 Å². The molecule has 1 saturated carbocycles. The van der Waals surface area contributed by atoms with Crippen LogP contribution in [0.4, 0.5) is 16.2 Å². The molecule has 0 spiro atoms. The van der Waals surface area contributed by atoms with Gasteiger partial charge in [-0.05, 0) is 124 Å². The Morgan fingerprint density at radius 2 is 1.49 bits per heavy atom. The fraction of sp³-hybridized carbons (Fsp3) is 0.406. The number of nitrogens with zero attached hydrogens (tertiary/aromatic N) is 1. The van der Waals surface area contributed by atoms with Crippen LogP contribution in [0, 0.1) is 11.8 Å². The first-order valence-corrected chi connectivity index (χ1v) is 13.7. The van der Waals surface area contributed by atoms with Gasteiger partial charge in [-0.25, -0.2) is 4.79 Å². The molecule has 0 bridgehead atoms. The van der Waals surface area contributed by atoms with Gasteiger partial charge in [-0.15, -0.1) is 0 Å². The first kappa shape index (κ1) is 25.3. The van der Waals surface area contributed by atoms with E-state index in [0.29, 0.717) is 0 Å². The average Bonchev–Trinajstić information content (AvgIpc) is 3.17. The van der Waals surface area contributed by atoms with Crippen molar-refractivity contribution in [3.8, 4) is 11.5 Å². The Hall–Kier alpha value is -3.31. The molecule has 5 nitrogen and oxygen atoms in total. The fourth-order valence-corrected chi connectivity index (χ4v) is 6.09. The lowest BCUT2D eigenvalue weighted by atomic mass is 9.74. The zero-order chi connectivity index (χ0) is 25.6. The molecular formula is C32H39N3O2. The molecule has 2 N–H and O–H groups in total. The van der Waals surface area contributed by atoms with E-state index in [1.165, 1.54) is 56.1 Å². The number of rotatable bonds is 6. The van der Waals surface area contributed by atoms with Gasteiger partial charge in [-0.1, -0.05) is 37.1 Å². The second kappa shape index (κ2) is 11.8. The quantitative estimate of drug-likeness (QED) is 0.343. The van der Waals surface area contributed by atoms with Crippen LogP contribution < -0.4 is 15.4 Å². The van der Waals surface area contributed by atoms with Gasteiger partial charge in [0.25, 0.3) is 0 Å². The Labute approximate surface area is 221 Å². The van der Waals surface area contributed by atoms with Crippen LogP contribution >= 0.6 is 0 Å². The summed E-state index contributed by atoms with van der Waals surface area (Å²) < 4.78 is 5.82. The minimum atomic E-state index is -0.237. The van der Waals surface area contributed by atoms with Crippen LogP contribution in [0.25, 0.3) is 0 Å². The van der Waals surface area contributed by atoms with Crippen LogP contribution in [-0.2, 0) is 12.8 Å². The van der Waals surface area contributed by atoms with Crippen LogP contribution in [0.15, 0.2) is 72.8 Å². The molecule has 1 fully saturated rings. The molecule has 3 aromatic rings. The summed E-state index contributed by atoms with van der Waals surface area (Å²) in [5.41, 5.74) is 4.42. The Morgan fingerprint density at radius 1 is 0.757 bits per heavy atom. The second-order valence-electron chi connectivity index (χ2n) is 10.9. The molecular weight excluding hydrogens is 458 g/mol. The predicted molar refractivity (Wildman–Crippen MR) is 152 cm³/mol. The standard InChI is InChI=1S/C32H39N3O2/c1-35(2)29-8-6-7-23(14-18-29)24-11-12-26-22-28(15-13-25(26)21-24)34-32(36)33-27-16-19-31(20-17-27)37-30-9-4-3-5-10-30/h3-5,9-10,13,15-17,19-20,22-24,29H,6-8,11-12,14,18,21H2,1-2H3,(H2,33,34,36). The number of benzene rings is 3. The van der Waals surface area contributed by atoms with Gasteiger partial charge in [-0.2, -0.15) is 0 Å². The molecule has 2 aliphatic carbocycles. The number of nitrogens with one attached hydrogen (secondary N) is 2. The van der Waals surface area contributed by atoms with Crippen molar-refractivity contribution >= 4 is 17.4 Å². The molecule has 0 saturated heterocycles. The van der Waals surface area contributed by atoms with E-state index in [1.807, 2.05) is 60.7 Å².